The van der Waals surface area contributed by atoms with Crippen LogP contribution in [0.4, 0.5) is 0 Å². The monoisotopic (exact) mass is 328 g/mol. The van der Waals surface area contributed by atoms with Gasteiger partial charge in [0.1, 0.15) is 5.82 Å². The van der Waals surface area contributed by atoms with Crippen LogP contribution in [0, 0.1) is 0 Å². The largest absolute Gasteiger partial charge is 0.388 e. The summed E-state index contributed by atoms with van der Waals surface area (Å²) in [6.45, 7) is 4.02. The maximum atomic E-state index is 12.4. The van der Waals surface area contributed by atoms with Crippen LogP contribution in [0.3, 0.4) is 0 Å². The number of aromatic nitrogens is 3. The molecule has 1 aliphatic carbocycles. The summed E-state index contributed by atoms with van der Waals surface area (Å²) in [6, 6.07) is 9.73. The second kappa shape index (κ2) is 6.73. The zero-order chi connectivity index (χ0) is 17.2. The minimum Gasteiger partial charge on any atom is -0.388 e. The van der Waals surface area contributed by atoms with Crippen LogP contribution in [0.1, 0.15) is 61.9 Å². The summed E-state index contributed by atoms with van der Waals surface area (Å²) in [5, 5.41) is 17.5. The molecule has 2 N–H and O–H groups in total. The molecule has 1 aromatic carbocycles. The molecule has 1 amide bonds. The zero-order valence-corrected chi connectivity index (χ0v) is 14.2. The van der Waals surface area contributed by atoms with Crippen molar-refractivity contribution in [1.29, 1.82) is 0 Å². The van der Waals surface area contributed by atoms with E-state index in [0.717, 1.165) is 24.4 Å². The Labute approximate surface area is 141 Å². The number of hydrogen-bond acceptors (Lipinski definition) is 4. The number of nitrogens with zero attached hydrogens (tertiary/aromatic N) is 3. The minimum atomic E-state index is -0.878. The van der Waals surface area contributed by atoms with Crippen LogP contribution >= 0.6 is 0 Å². The lowest BCUT2D eigenvalue weighted by atomic mass is 9.98. The van der Waals surface area contributed by atoms with E-state index in [2.05, 4.69) is 15.4 Å². The van der Waals surface area contributed by atoms with Gasteiger partial charge in [0.05, 0.1) is 11.3 Å². The number of amides is 1. The zero-order valence-electron chi connectivity index (χ0n) is 14.2. The fraction of sp³-hybridized carbons (Fsp3) is 0.500. The molecule has 6 nitrogen and oxygen atoms in total. The number of benzene rings is 1. The first-order valence-electron chi connectivity index (χ1n) is 8.59. The second-order valence-corrected chi connectivity index (χ2v) is 6.43. The third-order valence-electron chi connectivity index (χ3n) is 4.67. The number of para-hydroxylation sites is 1. The summed E-state index contributed by atoms with van der Waals surface area (Å²) in [5.41, 5.74) is 0.0290. The summed E-state index contributed by atoms with van der Waals surface area (Å²) in [7, 11) is 0. The van der Waals surface area contributed by atoms with Crippen LogP contribution < -0.4 is 5.32 Å². The topological polar surface area (TPSA) is 80.0 Å². The van der Waals surface area contributed by atoms with Crippen LogP contribution in [0.2, 0.25) is 0 Å². The highest BCUT2D eigenvalue weighted by molar-refractivity contribution is 5.90. The van der Waals surface area contributed by atoms with Gasteiger partial charge in [0.25, 0.3) is 5.91 Å². The smallest absolute Gasteiger partial charge is 0.291 e. The Kier molecular flexibility index (Phi) is 4.66. The van der Waals surface area contributed by atoms with Crippen LogP contribution in [0.15, 0.2) is 30.3 Å². The Morgan fingerprint density at radius 1 is 1.29 bits per heavy atom. The lowest BCUT2D eigenvalue weighted by Gasteiger charge is -2.24. The van der Waals surface area contributed by atoms with Crippen molar-refractivity contribution in [3.63, 3.8) is 0 Å². The highest BCUT2D eigenvalue weighted by Gasteiger charge is 2.32. The van der Waals surface area contributed by atoms with Gasteiger partial charge >= 0.3 is 0 Å². The van der Waals surface area contributed by atoms with Crippen LogP contribution in [0.5, 0.6) is 0 Å². The number of hydrogen-bond donors (Lipinski definition) is 2. The normalized spacial score (nSPS) is 14.6. The number of aliphatic hydroxyl groups is 1. The van der Waals surface area contributed by atoms with Gasteiger partial charge in [0, 0.05) is 12.5 Å². The van der Waals surface area contributed by atoms with Gasteiger partial charge in [-0.3, -0.25) is 4.79 Å². The number of carbonyl (C=O) groups excluding carboxylic acids is 1. The first kappa shape index (κ1) is 16.6. The number of rotatable bonds is 7. The molecule has 3 rings (SSSR count). The van der Waals surface area contributed by atoms with Crippen LogP contribution in [0.25, 0.3) is 5.69 Å². The van der Waals surface area contributed by atoms with Crippen molar-refractivity contribution in [3.8, 4) is 5.69 Å². The molecular weight excluding hydrogens is 304 g/mol. The van der Waals surface area contributed by atoms with Crippen molar-refractivity contribution in [2.75, 3.05) is 6.54 Å². The predicted molar refractivity (Wildman–Crippen MR) is 91.2 cm³/mol. The SMILES string of the molecule is CCC(O)(CC)CNC(=O)c1nc(C2CC2)n(-c2ccccc2)n1. The van der Waals surface area contributed by atoms with E-state index in [0.29, 0.717) is 18.8 Å². The highest BCUT2D eigenvalue weighted by atomic mass is 16.3. The first-order valence-corrected chi connectivity index (χ1v) is 8.59. The molecule has 2 aromatic rings. The van der Waals surface area contributed by atoms with E-state index >= 15 is 0 Å². The minimum absolute atomic E-state index is 0.162. The van der Waals surface area contributed by atoms with E-state index in [1.54, 1.807) is 4.68 Å². The van der Waals surface area contributed by atoms with E-state index in [-0.39, 0.29) is 18.3 Å². The summed E-state index contributed by atoms with van der Waals surface area (Å²) in [6.07, 6.45) is 3.34. The predicted octanol–water partition coefficient (Wildman–Crippen LogP) is 2.43. The summed E-state index contributed by atoms with van der Waals surface area (Å²) >= 11 is 0. The molecule has 0 spiro atoms. The van der Waals surface area contributed by atoms with Crippen molar-refractivity contribution >= 4 is 5.91 Å². The molecule has 0 unspecified atom stereocenters. The molecule has 1 saturated carbocycles. The van der Waals surface area contributed by atoms with Gasteiger partial charge in [-0.1, -0.05) is 32.0 Å². The van der Waals surface area contributed by atoms with Gasteiger partial charge in [-0.05, 0) is 37.8 Å². The Bertz CT molecular complexity index is 703. The molecule has 0 radical (unpaired) electrons. The Morgan fingerprint density at radius 2 is 1.96 bits per heavy atom. The maximum absolute atomic E-state index is 12.4. The molecule has 24 heavy (non-hydrogen) atoms. The molecule has 0 atom stereocenters. The van der Waals surface area contributed by atoms with Gasteiger partial charge < -0.3 is 10.4 Å². The van der Waals surface area contributed by atoms with Gasteiger partial charge in [0.2, 0.25) is 5.82 Å². The van der Waals surface area contributed by atoms with Crippen molar-refractivity contribution in [2.24, 2.45) is 0 Å². The third-order valence-corrected chi connectivity index (χ3v) is 4.67. The molecular formula is C18H24N4O2. The van der Waals surface area contributed by atoms with Crippen molar-refractivity contribution in [2.45, 2.75) is 51.0 Å². The summed E-state index contributed by atoms with van der Waals surface area (Å²) < 4.78 is 1.76. The average molecular weight is 328 g/mol. The summed E-state index contributed by atoms with van der Waals surface area (Å²) in [5.74, 6) is 1.04. The van der Waals surface area contributed by atoms with Gasteiger partial charge in [0.15, 0.2) is 0 Å². The number of nitrogens with one attached hydrogen (secondary N) is 1. The molecule has 128 valence electrons. The fourth-order valence-corrected chi connectivity index (χ4v) is 2.61. The van der Waals surface area contributed by atoms with E-state index in [1.807, 2.05) is 44.2 Å². The van der Waals surface area contributed by atoms with Gasteiger partial charge in [-0.2, -0.15) is 0 Å². The van der Waals surface area contributed by atoms with Crippen molar-refractivity contribution in [1.82, 2.24) is 20.1 Å². The molecule has 1 aromatic heterocycles. The van der Waals surface area contributed by atoms with E-state index in [1.165, 1.54) is 0 Å². The Balaban J connectivity index is 1.80. The van der Waals surface area contributed by atoms with E-state index < -0.39 is 5.60 Å². The quantitative estimate of drug-likeness (QED) is 0.818. The lowest BCUT2D eigenvalue weighted by molar-refractivity contribution is 0.0312. The summed E-state index contributed by atoms with van der Waals surface area (Å²) in [4.78, 5) is 16.9. The van der Waals surface area contributed by atoms with E-state index in [9.17, 15) is 9.90 Å². The molecule has 6 heteroatoms. The Hall–Kier alpha value is -2.21. The highest BCUT2D eigenvalue weighted by Crippen LogP contribution is 2.39. The molecule has 0 bridgehead atoms. The fourth-order valence-electron chi connectivity index (χ4n) is 2.61. The van der Waals surface area contributed by atoms with Crippen molar-refractivity contribution < 1.29 is 9.90 Å². The molecule has 0 saturated heterocycles. The molecule has 1 aliphatic rings. The molecule has 1 heterocycles. The lowest BCUT2D eigenvalue weighted by Crippen LogP contribution is -2.42. The average Bonchev–Trinajstić information content (AvgIpc) is 3.38. The van der Waals surface area contributed by atoms with Crippen LogP contribution in [-0.4, -0.2) is 37.9 Å². The van der Waals surface area contributed by atoms with Crippen molar-refractivity contribution in [3.05, 3.63) is 42.0 Å². The van der Waals surface area contributed by atoms with Gasteiger partial charge in [-0.25, -0.2) is 9.67 Å². The maximum Gasteiger partial charge on any atom is 0.291 e. The van der Waals surface area contributed by atoms with Crippen LogP contribution in [-0.2, 0) is 0 Å². The third kappa shape index (κ3) is 3.48. The first-order chi connectivity index (χ1) is 11.6. The molecule has 1 fully saturated rings. The standard InChI is InChI=1S/C18H24N4O2/c1-3-18(24,4-2)12-19-17(23)15-20-16(13-10-11-13)22(21-15)14-8-6-5-7-9-14/h5-9,13,24H,3-4,10-12H2,1-2H3,(H,19,23). The number of carbonyl (C=O) groups is 1. The van der Waals surface area contributed by atoms with Gasteiger partial charge in [-0.15, -0.1) is 5.10 Å². The van der Waals surface area contributed by atoms with E-state index in [4.69, 9.17) is 0 Å². The second-order valence-electron chi connectivity index (χ2n) is 6.43. The Morgan fingerprint density at radius 3 is 2.54 bits per heavy atom. The molecule has 0 aliphatic heterocycles.